The smallest absolute Gasteiger partial charge is 0.247 e. The molecule has 0 spiro atoms. The molecule has 2 amide bonds. The van der Waals surface area contributed by atoms with Gasteiger partial charge in [-0.05, 0) is 54.5 Å². The molecule has 0 radical (unpaired) electrons. The van der Waals surface area contributed by atoms with E-state index in [9.17, 15) is 9.59 Å². The number of hydrogen-bond donors (Lipinski definition) is 6. The number of nitrogens with zero attached hydrogens (tertiary/aromatic N) is 7. The van der Waals surface area contributed by atoms with Crippen LogP contribution in [-0.2, 0) is 9.59 Å². The topological polar surface area (TPSA) is 187 Å². The number of amides is 2. The first-order valence-corrected chi connectivity index (χ1v) is 13.3. The van der Waals surface area contributed by atoms with Crippen LogP contribution in [0.2, 0.25) is 10.6 Å². The van der Waals surface area contributed by atoms with Crippen molar-refractivity contribution in [2.75, 3.05) is 41.6 Å². The van der Waals surface area contributed by atoms with Crippen molar-refractivity contribution in [3.8, 4) is 0 Å². The standard InChI is InChI=1S/C25H27Cl2N13O2/c1-40(14-12-18(41)36-38-24-32-20(26)30-22(34-24)28-16-8-4-2-5-9-16)15-13-19(42)37-39-25-33-21(27)31-23(35-25)29-17-10-6-3-7-11-17/h2-11H,12-15H2,1H3,(H,36,41)(H,37,42)(H2,28,30,32,34,38)(H2,29,31,33,35,39). The van der Waals surface area contributed by atoms with Crippen molar-refractivity contribution in [1.82, 2.24) is 45.7 Å². The molecule has 15 nitrogen and oxygen atoms in total. The summed E-state index contributed by atoms with van der Waals surface area (Å²) in [6.45, 7) is 0.787. The molecule has 42 heavy (non-hydrogen) atoms. The van der Waals surface area contributed by atoms with Gasteiger partial charge in [0.2, 0.25) is 46.2 Å². The zero-order valence-corrected chi connectivity index (χ0v) is 23.8. The minimum absolute atomic E-state index is 0.0458. The van der Waals surface area contributed by atoms with Crippen molar-refractivity contribution >= 4 is 70.2 Å². The first kappa shape index (κ1) is 30.1. The first-order valence-electron chi connectivity index (χ1n) is 12.6. The maximum absolute atomic E-state index is 12.3. The van der Waals surface area contributed by atoms with Gasteiger partial charge in [-0.25, -0.2) is 0 Å². The number of hydrogen-bond acceptors (Lipinski definition) is 13. The summed E-state index contributed by atoms with van der Waals surface area (Å²) in [6.07, 6.45) is 0.301. The van der Waals surface area contributed by atoms with E-state index >= 15 is 0 Å². The van der Waals surface area contributed by atoms with Crippen LogP contribution in [0.5, 0.6) is 0 Å². The molecule has 2 heterocycles. The summed E-state index contributed by atoms with van der Waals surface area (Å²) in [5.41, 5.74) is 11.8. The molecule has 0 aliphatic rings. The Morgan fingerprint density at radius 2 is 1.00 bits per heavy atom. The van der Waals surface area contributed by atoms with Gasteiger partial charge in [0, 0.05) is 37.3 Å². The van der Waals surface area contributed by atoms with E-state index in [-0.39, 0.29) is 59.0 Å². The Hall–Kier alpha value is -4.86. The summed E-state index contributed by atoms with van der Waals surface area (Å²) in [7, 11) is 1.79. The lowest BCUT2D eigenvalue weighted by Gasteiger charge is -2.16. The predicted molar refractivity (Wildman–Crippen MR) is 159 cm³/mol. The molecule has 17 heteroatoms. The predicted octanol–water partition coefficient (Wildman–Crippen LogP) is 3.15. The van der Waals surface area contributed by atoms with Crippen LogP contribution >= 0.6 is 23.2 Å². The summed E-state index contributed by atoms with van der Waals surface area (Å²) < 4.78 is 0. The summed E-state index contributed by atoms with van der Waals surface area (Å²) in [6, 6.07) is 18.6. The van der Waals surface area contributed by atoms with Crippen molar-refractivity contribution in [3.63, 3.8) is 0 Å². The molecule has 0 aliphatic carbocycles. The van der Waals surface area contributed by atoms with Crippen LogP contribution in [-0.4, -0.2) is 66.8 Å². The van der Waals surface area contributed by atoms with Crippen LogP contribution in [0.3, 0.4) is 0 Å². The van der Waals surface area contributed by atoms with E-state index in [4.69, 9.17) is 23.2 Å². The third kappa shape index (κ3) is 10.3. The molecule has 0 fully saturated rings. The summed E-state index contributed by atoms with van der Waals surface area (Å²) >= 11 is 12.0. The number of halogens is 2. The lowest BCUT2D eigenvalue weighted by Crippen LogP contribution is -2.35. The second-order valence-electron chi connectivity index (χ2n) is 8.63. The van der Waals surface area contributed by atoms with Gasteiger partial charge in [-0.15, -0.1) is 0 Å². The molecule has 0 bridgehead atoms. The Morgan fingerprint density at radius 3 is 1.40 bits per heavy atom. The van der Waals surface area contributed by atoms with Gasteiger partial charge in [-0.3, -0.25) is 31.3 Å². The highest BCUT2D eigenvalue weighted by Crippen LogP contribution is 2.16. The van der Waals surface area contributed by atoms with Crippen molar-refractivity contribution < 1.29 is 9.59 Å². The van der Waals surface area contributed by atoms with E-state index in [1.165, 1.54) is 0 Å². The van der Waals surface area contributed by atoms with Gasteiger partial charge in [-0.1, -0.05) is 36.4 Å². The fourth-order valence-electron chi connectivity index (χ4n) is 3.30. The largest absolute Gasteiger partial charge is 0.324 e. The summed E-state index contributed by atoms with van der Waals surface area (Å²) in [4.78, 5) is 50.8. The average Bonchev–Trinajstić information content (AvgIpc) is 2.97. The molecule has 2 aromatic carbocycles. The third-order valence-corrected chi connectivity index (χ3v) is 5.68. The third-order valence-electron chi connectivity index (χ3n) is 5.34. The Kier molecular flexibility index (Phi) is 10.9. The number of benzene rings is 2. The SMILES string of the molecule is CN(CCC(=O)NNc1nc(Cl)nc(Nc2ccccc2)n1)CCC(=O)NNc1nc(Cl)nc(Nc2ccccc2)n1. The maximum atomic E-state index is 12.3. The van der Waals surface area contributed by atoms with Crippen molar-refractivity contribution in [1.29, 1.82) is 0 Å². The summed E-state index contributed by atoms with van der Waals surface area (Å²) in [5, 5.41) is 5.92. The van der Waals surface area contributed by atoms with Crippen LogP contribution in [0, 0.1) is 0 Å². The fourth-order valence-corrected chi connectivity index (χ4v) is 3.62. The number of carbonyl (C=O) groups is 2. The van der Waals surface area contributed by atoms with Gasteiger partial charge in [0.1, 0.15) is 0 Å². The molecule has 4 rings (SSSR count). The van der Waals surface area contributed by atoms with Crippen LogP contribution in [0.15, 0.2) is 60.7 Å². The Bertz CT molecular complexity index is 1370. The maximum Gasteiger partial charge on any atom is 0.247 e. The zero-order chi connectivity index (χ0) is 29.7. The first-order chi connectivity index (χ1) is 20.3. The second-order valence-corrected chi connectivity index (χ2v) is 9.31. The Labute approximate surface area is 250 Å². The summed E-state index contributed by atoms with van der Waals surface area (Å²) in [5.74, 6) is -0.0486. The highest BCUT2D eigenvalue weighted by molar-refractivity contribution is 6.28. The van der Waals surface area contributed by atoms with Crippen molar-refractivity contribution in [3.05, 3.63) is 71.2 Å². The number of rotatable bonds is 14. The molecule has 0 saturated heterocycles. The van der Waals surface area contributed by atoms with E-state index in [1.54, 1.807) is 7.05 Å². The quantitative estimate of drug-likeness (QED) is 0.114. The van der Waals surface area contributed by atoms with E-state index in [0.29, 0.717) is 13.1 Å². The molecule has 6 N–H and O–H groups in total. The molecule has 218 valence electrons. The molecule has 0 atom stereocenters. The van der Waals surface area contributed by atoms with Gasteiger partial charge < -0.3 is 15.5 Å². The van der Waals surface area contributed by atoms with Crippen LogP contribution in [0.1, 0.15) is 12.8 Å². The molecular formula is C25H27Cl2N13O2. The van der Waals surface area contributed by atoms with Crippen LogP contribution in [0.25, 0.3) is 0 Å². The van der Waals surface area contributed by atoms with E-state index in [0.717, 1.165) is 11.4 Å². The Morgan fingerprint density at radius 1 is 0.619 bits per heavy atom. The minimum atomic E-state index is -0.311. The number of para-hydroxylation sites is 2. The second kappa shape index (κ2) is 15.2. The number of anilines is 6. The van der Waals surface area contributed by atoms with Crippen molar-refractivity contribution in [2.24, 2.45) is 0 Å². The van der Waals surface area contributed by atoms with Gasteiger partial charge in [0.15, 0.2) is 0 Å². The molecule has 0 saturated carbocycles. The Balaban J connectivity index is 1.14. The monoisotopic (exact) mass is 611 g/mol. The molecule has 4 aromatic rings. The van der Waals surface area contributed by atoms with E-state index < -0.39 is 0 Å². The number of nitrogens with one attached hydrogen (secondary N) is 6. The van der Waals surface area contributed by atoms with Gasteiger partial charge >= 0.3 is 0 Å². The lowest BCUT2D eigenvalue weighted by molar-refractivity contribution is -0.120. The van der Waals surface area contributed by atoms with E-state index in [1.807, 2.05) is 65.6 Å². The van der Waals surface area contributed by atoms with Gasteiger partial charge in [-0.2, -0.15) is 29.9 Å². The molecule has 0 aliphatic heterocycles. The fraction of sp³-hybridized carbons (Fsp3) is 0.200. The number of hydrazine groups is 2. The molecular weight excluding hydrogens is 585 g/mol. The van der Waals surface area contributed by atoms with Crippen LogP contribution in [0.4, 0.5) is 35.2 Å². The van der Waals surface area contributed by atoms with Crippen molar-refractivity contribution in [2.45, 2.75) is 12.8 Å². The molecule has 0 unspecified atom stereocenters. The molecule has 2 aromatic heterocycles. The lowest BCUT2D eigenvalue weighted by atomic mass is 10.3. The number of aromatic nitrogens is 6. The van der Waals surface area contributed by atoms with E-state index in [2.05, 4.69) is 62.2 Å². The minimum Gasteiger partial charge on any atom is -0.324 e. The highest BCUT2D eigenvalue weighted by Gasteiger charge is 2.11. The van der Waals surface area contributed by atoms with Gasteiger partial charge in [0.05, 0.1) is 0 Å². The number of carbonyl (C=O) groups excluding carboxylic acids is 2. The average molecular weight is 612 g/mol. The zero-order valence-electron chi connectivity index (χ0n) is 22.3. The highest BCUT2D eigenvalue weighted by atomic mass is 35.5. The van der Waals surface area contributed by atoms with Gasteiger partial charge in [0.25, 0.3) is 0 Å². The normalized spacial score (nSPS) is 10.6. The van der Waals surface area contributed by atoms with Crippen LogP contribution < -0.4 is 32.3 Å².